The van der Waals surface area contributed by atoms with Gasteiger partial charge in [0.25, 0.3) is 5.91 Å². The van der Waals surface area contributed by atoms with E-state index in [0.717, 1.165) is 31.8 Å². The molecule has 0 aromatic carbocycles. The maximum atomic E-state index is 12.2. The van der Waals surface area contributed by atoms with Crippen LogP contribution in [-0.2, 0) is 0 Å². The fourth-order valence-corrected chi connectivity index (χ4v) is 3.50. The van der Waals surface area contributed by atoms with E-state index in [2.05, 4.69) is 27.2 Å². The maximum absolute atomic E-state index is 12.2. The molecule has 0 radical (unpaired) electrons. The lowest BCUT2D eigenvalue weighted by atomic mass is 9.89. The Kier molecular flexibility index (Phi) is 4.00. The van der Waals surface area contributed by atoms with Crippen LogP contribution in [0.15, 0.2) is 6.20 Å². The third-order valence-corrected chi connectivity index (χ3v) is 4.86. The van der Waals surface area contributed by atoms with Gasteiger partial charge in [-0.3, -0.25) is 4.79 Å². The highest BCUT2D eigenvalue weighted by molar-refractivity contribution is 5.91. The Bertz CT molecular complexity index is 432. The van der Waals surface area contributed by atoms with E-state index in [4.69, 9.17) is 0 Å². The first-order chi connectivity index (χ1) is 9.75. The highest BCUT2D eigenvalue weighted by Crippen LogP contribution is 2.26. The van der Waals surface area contributed by atoms with Crippen LogP contribution in [0.1, 0.15) is 43.1 Å². The minimum Gasteiger partial charge on any atom is -0.337 e. The number of piperidine rings is 1. The van der Waals surface area contributed by atoms with Crippen LogP contribution in [0.25, 0.3) is 0 Å². The molecule has 0 saturated carbocycles. The van der Waals surface area contributed by atoms with Crippen LogP contribution < -0.4 is 0 Å². The molecular weight excluding hydrogens is 254 g/mol. The zero-order chi connectivity index (χ0) is 13.9. The van der Waals surface area contributed by atoms with Crippen molar-refractivity contribution in [2.24, 2.45) is 5.92 Å². The molecule has 6 heteroatoms. The normalized spacial score (nSPS) is 23.1. The number of hydrogen-bond acceptors (Lipinski definition) is 4. The Balaban J connectivity index is 1.53. The van der Waals surface area contributed by atoms with Crippen molar-refractivity contribution in [3.8, 4) is 0 Å². The lowest BCUT2D eigenvalue weighted by Crippen LogP contribution is -2.45. The van der Waals surface area contributed by atoms with Crippen molar-refractivity contribution in [1.82, 2.24) is 25.2 Å². The van der Waals surface area contributed by atoms with Gasteiger partial charge in [0.05, 0.1) is 6.20 Å². The molecule has 20 heavy (non-hydrogen) atoms. The Morgan fingerprint density at radius 1 is 1.30 bits per heavy atom. The predicted octanol–water partition coefficient (Wildman–Crippen LogP) is 1.14. The number of amides is 1. The summed E-state index contributed by atoms with van der Waals surface area (Å²) in [4.78, 5) is 16.7. The van der Waals surface area contributed by atoms with Gasteiger partial charge in [0.1, 0.15) is 0 Å². The standard InChI is InChI=1S/C14H23N5O/c1-11(18-6-2-3-7-18)12-4-8-19(9-5-12)14(20)13-10-15-17-16-13/h10-12H,2-9H2,1H3,(H,15,16,17)/t11-/m1/s1. The van der Waals surface area contributed by atoms with E-state index in [-0.39, 0.29) is 5.91 Å². The first-order valence-corrected chi connectivity index (χ1v) is 7.65. The van der Waals surface area contributed by atoms with Gasteiger partial charge < -0.3 is 9.80 Å². The minimum absolute atomic E-state index is 0.00558. The topological polar surface area (TPSA) is 65.1 Å². The second-order valence-electron chi connectivity index (χ2n) is 5.97. The van der Waals surface area contributed by atoms with Gasteiger partial charge in [-0.15, -0.1) is 0 Å². The number of nitrogens with zero attached hydrogens (tertiary/aromatic N) is 4. The first kappa shape index (κ1) is 13.5. The summed E-state index contributed by atoms with van der Waals surface area (Å²) >= 11 is 0. The second kappa shape index (κ2) is 5.91. The number of H-pyrrole nitrogens is 1. The number of hydrogen-bond donors (Lipinski definition) is 1. The van der Waals surface area contributed by atoms with Gasteiger partial charge in [-0.2, -0.15) is 15.4 Å². The quantitative estimate of drug-likeness (QED) is 0.900. The van der Waals surface area contributed by atoms with Crippen LogP contribution in [0.4, 0.5) is 0 Å². The van der Waals surface area contributed by atoms with Crippen molar-refractivity contribution in [3.05, 3.63) is 11.9 Å². The summed E-state index contributed by atoms with van der Waals surface area (Å²) in [7, 11) is 0. The van der Waals surface area contributed by atoms with Gasteiger partial charge in [0.15, 0.2) is 5.69 Å². The van der Waals surface area contributed by atoms with Gasteiger partial charge in [-0.1, -0.05) is 0 Å². The molecule has 2 saturated heterocycles. The van der Waals surface area contributed by atoms with E-state index in [1.165, 1.54) is 32.1 Å². The molecule has 0 bridgehead atoms. The Labute approximate surface area is 119 Å². The Morgan fingerprint density at radius 2 is 2.00 bits per heavy atom. The van der Waals surface area contributed by atoms with Gasteiger partial charge in [0, 0.05) is 19.1 Å². The molecule has 1 atom stereocenters. The monoisotopic (exact) mass is 277 g/mol. The van der Waals surface area contributed by atoms with Crippen molar-refractivity contribution in [3.63, 3.8) is 0 Å². The summed E-state index contributed by atoms with van der Waals surface area (Å²) in [5.41, 5.74) is 0.427. The average molecular weight is 277 g/mol. The van der Waals surface area contributed by atoms with Crippen LogP contribution in [0.2, 0.25) is 0 Å². The average Bonchev–Trinajstić information content (AvgIpc) is 3.18. The number of carbonyl (C=O) groups excluding carboxylic acids is 1. The number of carbonyl (C=O) groups is 1. The highest BCUT2D eigenvalue weighted by Gasteiger charge is 2.31. The van der Waals surface area contributed by atoms with Crippen LogP contribution >= 0.6 is 0 Å². The fraction of sp³-hybridized carbons (Fsp3) is 0.786. The SMILES string of the molecule is C[C@H](C1CCN(C(=O)c2cn[nH]n2)CC1)N1CCCC1. The van der Waals surface area contributed by atoms with E-state index >= 15 is 0 Å². The molecule has 110 valence electrons. The molecular formula is C14H23N5O. The number of nitrogens with one attached hydrogen (secondary N) is 1. The molecule has 3 heterocycles. The Hall–Kier alpha value is -1.43. The third kappa shape index (κ3) is 2.70. The highest BCUT2D eigenvalue weighted by atomic mass is 16.2. The summed E-state index contributed by atoms with van der Waals surface area (Å²) in [5, 5.41) is 10.1. The molecule has 1 aromatic rings. The molecule has 2 aliphatic rings. The smallest absolute Gasteiger partial charge is 0.276 e. The molecule has 0 aliphatic carbocycles. The van der Waals surface area contributed by atoms with Gasteiger partial charge in [0.2, 0.25) is 0 Å². The molecule has 0 spiro atoms. The summed E-state index contributed by atoms with van der Waals surface area (Å²) in [6, 6.07) is 0.654. The second-order valence-corrected chi connectivity index (χ2v) is 5.97. The van der Waals surface area contributed by atoms with Gasteiger partial charge in [-0.05, 0) is 51.6 Å². The molecule has 2 fully saturated rings. The van der Waals surface area contributed by atoms with Crippen LogP contribution in [0.3, 0.4) is 0 Å². The van der Waals surface area contributed by atoms with E-state index in [1.54, 1.807) is 0 Å². The summed E-state index contributed by atoms with van der Waals surface area (Å²) in [6.07, 6.45) is 6.38. The summed E-state index contributed by atoms with van der Waals surface area (Å²) < 4.78 is 0. The molecule has 1 aromatic heterocycles. The molecule has 2 aliphatic heterocycles. The molecule has 6 nitrogen and oxygen atoms in total. The minimum atomic E-state index is 0.00558. The first-order valence-electron chi connectivity index (χ1n) is 7.65. The number of likely N-dealkylation sites (tertiary alicyclic amines) is 2. The fourth-order valence-electron chi connectivity index (χ4n) is 3.50. The van der Waals surface area contributed by atoms with E-state index < -0.39 is 0 Å². The van der Waals surface area contributed by atoms with Crippen LogP contribution in [-0.4, -0.2) is 63.3 Å². The van der Waals surface area contributed by atoms with E-state index in [0.29, 0.717) is 11.7 Å². The molecule has 0 unspecified atom stereocenters. The zero-order valence-corrected chi connectivity index (χ0v) is 12.1. The lowest BCUT2D eigenvalue weighted by Gasteiger charge is -2.38. The van der Waals surface area contributed by atoms with Crippen molar-refractivity contribution in [1.29, 1.82) is 0 Å². The van der Waals surface area contributed by atoms with Crippen LogP contribution in [0, 0.1) is 5.92 Å². The molecule has 1 amide bonds. The van der Waals surface area contributed by atoms with Crippen LogP contribution in [0.5, 0.6) is 0 Å². The number of rotatable bonds is 3. The predicted molar refractivity (Wildman–Crippen MR) is 75.3 cm³/mol. The summed E-state index contributed by atoms with van der Waals surface area (Å²) in [5.74, 6) is 0.723. The van der Waals surface area contributed by atoms with Crippen molar-refractivity contribution >= 4 is 5.91 Å². The number of aromatic nitrogens is 3. The van der Waals surface area contributed by atoms with E-state index in [9.17, 15) is 4.79 Å². The maximum Gasteiger partial charge on any atom is 0.276 e. The largest absolute Gasteiger partial charge is 0.337 e. The van der Waals surface area contributed by atoms with Gasteiger partial charge in [-0.25, -0.2) is 0 Å². The molecule has 3 rings (SSSR count). The zero-order valence-electron chi connectivity index (χ0n) is 12.1. The van der Waals surface area contributed by atoms with Crippen molar-refractivity contribution in [2.75, 3.05) is 26.2 Å². The Morgan fingerprint density at radius 3 is 2.60 bits per heavy atom. The van der Waals surface area contributed by atoms with Gasteiger partial charge >= 0.3 is 0 Å². The van der Waals surface area contributed by atoms with E-state index in [1.807, 2.05) is 4.90 Å². The summed E-state index contributed by atoms with van der Waals surface area (Å²) in [6.45, 7) is 6.53. The molecule has 1 N–H and O–H groups in total. The lowest BCUT2D eigenvalue weighted by molar-refractivity contribution is 0.0618. The van der Waals surface area contributed by atoms with Crippen molar-refractivity contribution < 1.29 is 4.79 Å². The number of aromatic amines is 1. The third-order valence-electron chi connectivity index (χ3n) is 4.86. The van der Waals surface area contributed by atoms with Crippen molar-refractivity contribution in [2.45, 2.75) is 38.6 Å².